The number of rotatable bonds is 4. The molecule has 2 amide bonds. The molecule has 2 heterocycles. The highest BCUT2D eigenvalue weighted by Gasteiger charge is 2.36. The molecule has 0 unspecified atom stereocenters. The van der Waals surface area contributed by atoms with Gasteiger partial charge in [0.05, 0.1) is 13.2 Å². The Balaban J connectivity index is 1.58. The molecule has 2 N–H and O–H groups in total. The SMILES string of the molecule is COc1ccc(C(=O)N2CCC(N3CCC[C@@H]3C(N)=O)CC2)cc1. The van der Waals surface area contributed by atoms with Gasteiger partial charge in [-0.05, 0) is 56.5 Å². The van der Waals surface area contributed by atoms with Crippen molar-refractivity contribution in [3.05, 3.63) is 29.8 Å². The summed E-state index contributed by atoms with van der Waals surface area (Å²) in [4.78, 5) is 28.3. The van der Waals surface area contributed by atoms with Crippen LogP contribution in [0, 0.1) is 0 Å². The molecule has 2 fully saturated rings. The minimum absolute atomic E-state index is 0.0592. The van der Waals surface area contributed by atoms with Crippen LogP contribution in [0.2, 0.25) is 0 Å². The van der Waals surface area contributed by atoms with Crippen LogP contribution in [0.5, 0.6) is 5.75 Å². The second kappa shape index (κ2) is 7.21. The second-order valence-electron chi connectivity index (χ2n) is 6.55. The number of primary amides is 1. The molecule has 0 aliphatic carbocycles. The lowest BCUT2D eigenvalue weighted by atomic mass is 10.0. The summed E-state index contributed by atoms with van der Waals surface area (Å²) in [5, 5.41) is 0. The Hall–Kier alpha value is -2.08. The van der Waals surface area contributed by atoms with Crippen molar-refractivity contribution in [3.8, 4) is 5.75 Å². The van der Waals surface area contributed by atoms with E-state index < -0.39 is 0 Å². The third-order valence-electron chi connectivity index (χ3n) is 5.18. The van der Waals surface area contributed by atoms with Crippen LogP contribution in [0.4, 0.5) is 0 Å². The quantitative estimate of drug-likeness (QED) is 0.901. The number of piperidine rings is 1. The first kappa shape index (κ1) is 16.8. The maximum atomic E-state index is 12.6. The fraction of sp³-hybridized carbons (Fsp3) is 0.556. The van der Waals surface area contributed by atoms with E-state index in [9.17, 15) is 9.59 Å². The van der Waals surface area contributed by atoms with Gasteiger partial charge in [0.1, 0.15) is 5.75 Å². The molecule has 1 aromatic carbocycles. The molecular weight excluding hydrogens is 306 g/mol. The van der Waals surface area contributed by atoms with Crippen LogP contribution in [0.1, 0.15) is 36.0 Å². The molecule has 0 bridgehead atoms. The van der Waals surface area contributed by atoms with Crippen LogP contribution in [-0.4, -0.2) is 60.4 Å². The Bertz CT molecular complexity index is 594. The smallest absolute Gasteiger partial charge is 0.253 e. The largest absolute Gasteiger partial charge is 0.497 e. The summed E-state index contributed by atoms with van der Waals surface area (Å²) < 4.78 is 5.13. The molecule has 0 spiro atoms. The van der Waals surface area contributed by atoms with E-state index in [1.165, 1.54) is 0 Å². The second-order valence-corrected chi connectivity index (χ2v) is 6.55. The van der Waals surface area contributed by atoms with Crippen LogP contribution in [0.25, 0.3) is 0 Å². The molecule has 1 aromatic rings. The van der Waals surface area contributed by atoms with Crippen molar-refractivity contribution in [1.29, 1.82) is 0 Å². The third-order valence-corrected chi connectivity index (χ3v) is 5.18. The lowest BCUT2D eigenvalue weighted by molar-refractivity contribution is -0.123. The number of amides is 2. The fourth-order valence-corrected chi connectivity index (χ4v) is 3.85. The van der Waals surface area contributed by atoms with Crippen LogP contribution in [-0.2, 0) is 4.79 Å². The number of methoxy groups -OCH3 is 1. The molecule has 3 rings (SSSR count). The zero-order valence-corrected chi connectivity index (χ0v) is 14.1. The lowest BCUT2D eigenvalue weighted by Crippen LogP contribution is -2.51. The zero-order valence-electron chi connectivity index (χ0n) is 14.1. The lowest BCUT2D eigenvalue weighted by Gasteiger charge is -2.38. The molecule has 2 saturated heterocycles. The van der Waals surface area contributed by atoms with E-state index in [2.05, 4.69) is 4.90 Å². The van der Waals surface area contributed by atoms with Gasteiger partial charge in [-0.2, -0.15) is 0 Å². The van der Waals surface area contributed by atoms with Gasteiger partial charge in [0.15, 0.2) is 0 Å². The number of likely N-dealkylation sites (tertiary alicyclic amines) is 2. The van der Waals surface area contributed by atoms with Crippen molar-refractivity contribution in [3.63, 3.8) is 0 Å². The topological polar surface area (TPSA) is 75.9 Å². The number of carbonyl (C=O) groups is 2. The van der Waals surface area contributed by atoms with Gasteiger partial charge >= 0.3 is 0 Å². The first-order valence-corrected chi connectivity index (χ1v) is 8.58. The molecule has 2 aliphatic rings. The van der Waals surface area contributed by atoms with Crippen molar-refractivity contribution in [1.82, 2.24) is 9.80 Å². The van der Waals surface area contributed by atoms with E-state index in [1.807, 2.05) is 17.0 Å². The van der Waals surface area contributed by atoms with Gasteiger partial charge in [0.25, 0.3) is 5.91 Å². The van der Waals surface area contributed by atoms with Gasteiger partial charge in [-0.1, -0.05) is 0 Å². The van der Waals surface area contributed by atoms with Crippen LogP contribution in [0.3, 0.4) is 0 Å². The highest BCUT2D eigenvalue weighted by atomic mass is 16.5. The average molecular weight is 331 g/mol. The first-order valence-electron chi connectivity index (χ1n) is 8.58. The summed E-state index contributed by atoms with van der Waals surface area (Å²) in [6.45, 7) is 2.37. The average Bonchev–Trinajstić information content (AvgIpc) is 3.11. The molecule has 2 aliphatic heterocycles. The number of ether oxygens (including phenoxy) is 1. The van der Waals surface area contributed by atoms with Crippen molar-refractivity contribution in [2.75, 3.05) is 26.7 Å². The molecule has 0 saturated carbocycles. The highest BCUT2D eigenvalue weighted by molar-refractivity contribution is 5.94. The summed E-state index contributed by atoms with van der Waals surface area (Å²) in [7, 11) is 1.61. The maximum absolute atomic E-state index is 12.6. The van der Waals surface area contributed by atoms with Crippen molar-refractivity contribution in [2.45, 2.75) is 37.8 Å². The normalized spacial score (nSPS) is 22.5. The summed E-state index contributed by atoms with van der Waals surface area (Å²) in [6, 6.07) is 7.44. The van der Waals surface area contributed by atoms with E-state index in [-0.39, 0.29) is 17.9 Å². The first-order chi connectivity index (χ1) is 11.6. The Kier molecular flexibility index (Phi) is 5.04. The van der Waals surface area contributed by atoms with E-state index in [4.69, 9.17) is 10.5 Å². The maximum Gasteiger partial charge on any atom is 0.253 e. The molecule has 1 atom stereocenters. The molecular formula is C18H25N3O3. The summed E-state index contributed by atoms with van der Waals surface area (Å²) >= 11 is 0. The molecule has 6 heteroatoms. The Morgan fingerprint density at radius 1 is 1.08 bits per heavy atom. The molecule has 24 heavy (non-hydrogen) atoms. The van der Waals surface area contributed by atoms with Gasteiger partial charge in [0, 0.05) is 24.7 Å². The number of nitrogens with zero attached hydrogens (tertiary/aromatic N) is 2. The van der Waals surface area contributed by atoms with Crippen LogP contribution in [0.15, 0.2) is 24.3 Å². The van der Waals surface area contributed by atoms with Crippen molar-refractivity contribution in [2.24, 2.45) is 5.73 Å². The van der Waals surface area contributed by atoms with Crippen LogP contribution < -0.4 is 10.5 Å². The fourth-order valence-electron chi connectivity index (χ4n) is 3.85. The minimum atomic E-state index is -0.218. The summed E-state index contributed by atoms with van der Waals surface area (Å²) in [5.74, 6) is 0.588. The number of nitrogens with two attached hydrogens (primary N) is 1. The monoisotopic (exact) mass is 331 g/mol. The van der Waals surface area contributed by atoms with Crippen LogP contribution >= 0.6 is 0 Å². The predicted octanol–water partition coefficient (Wildman–Crippen LogP) is 1.25. The summed E-state index contributed by atoms with van der Waals surface area (Å²) in [6.07, 6.45) is 3.68. The Morgan fingerprint density at radius 3 is 2.33 bits per heavy atom. The predicted molar refractivity (Wildman–Crippen MR) is 90.8 cm³/mol. The van der Waals surface area contributed by atoms with Gasteiger partial charge in [-0.15, -0.1) is 0 Å². The van der Waals surface area contributed by atoms with E-state index >= 15 is 0 Å². The number of carbonyl (C=O) groups excluding carboxylic acids is 2. The third kappa shape index (κ3) is 3.38. The van der Waals surface area contributed by atoms with Crippen molar-refractivity contribution < 1.29 is 14.3 Å². The minimum Gasteiger partial charge on any atom is -0.497 e. The van der Waals surface area contributed by atoms with Gasteiger partial charge in [-0.3, -0.25) is 14.5 Å². The number of hydrogen-bond donors (Lipinski definition) is 1. The molecule has 0 aromatic heterocycles. The van der Waals surface area contributed by atoms with Gasteiger partial charge in [-0.25, -0.2) is 0 Å². The summed E-state index contributed by atoms with van der Waals surface area (Å²) in [5.41, 5.74) is 6.20. The zero-order chi connectivity index (χ0) is 17.1. The highest BCUT2D eigenvalue weighted by Crippen LogP contribution is 2.26. The molecule has 0 radical (unpaired) electrons. The van der Waals surface area contributed by atoms with Gasteiger partial charge < -0.3 is 15.4 Å². The number of benzene rings is 1. The molecule has 6 nitrogen and oxygen atoms in total. The Morgan fingerprint density at radius 2 is 1.75 bits per heavy atom. The van der Waals surface area contributed by atoms with E-state index in [0.717, 1.165) is 51.1 Å². The van der Waals surface area contributed by atoms with E-state index in [1.54, 1.807) is 19.2 Å². The standard InChI is InChI=1S/C18H25N3O3/c1-24-15-6-4-13(5-7-15)18(23)20-11-8-14(9-12-20)21-10-2-3-16(21)17(19)22/h4-7,14,16H,2-3,8-12H2,1H3,(H2,19,22)/t16-/m1/s1. The van der Waals surface area contributed by atoms with Gasteiger partial charge in [0.2, 0.25) is 5.91 Å². The Labute approximate surface area is 142 Å². The number of hydrogen-bond acceptors (Lipinski definition) is 4. The van der Waals surface area contributed by atoms with E-state index in [0.29, 0.717) is 11.6 Å². The van der Waals surface area contributed by atoms with Crippen molar-refractivity contribution >= 4 is 11.8 Å². The molecule has 130 valence electrons.